The van der Waals surface area contributed by atoms with Gasteiger partial charge in [-0.1, -0.05) is 49.7 Å². The van der Waals surface area contributed by atoms with Gasteiger partial charge in [0.05, 0.1) is 24.1 Å². The van der Waals surface area contributed by atoms with Crippen LogP contribution in [0.4, 0.5) is 5.69 Å². The number of esters is 1. The van der Waals surface area contributed by atoms with E-state index in [0.29, 0.717) is 24.1 Å². The summed E-state index contributed by atoms with van der Waals surface area (Å²) in [6, 6.07) is 13.7. The molecule has 0 bridgehead atoms. The van der Waals surface area contributed by atoms with Gasteiger partial charge in [-0.15, -0.1) is 0 Å². The number of Topliss-reactive ketones (excluding diaryl/α,β-unsaturated/α-hetero) is 1. The van der Waals surface area contributed by atoms with Crippen LogP contribution in [0.2, 0.25) is 0 Å². The van der Waals surface area contributed by atoms with Gasteiger partial charge in [0, 0.05) is 11.6 Å². The summed E-state index contributed by atoms with van der Waals surface area (Å²) in [5.74, 6) is -3.18. The number of hydrogen-bond donors (Lipinski definition) is 1. The summed E-state index contributed by atoms with van der Waals surface area (Å²) in [5, 5.41) is 3.41. The van der Waals surface area contributed by atoms with Gasteiger partial charge in [0.15, 0.2) is 5.78 Å². The number of benzene rings is 2. The zero-order valence-electron chi connectivity index (χ0n) is 20.0. The molecule has 1 N–H and O–H groups in total. The first-order chi connectivity index (χ1) is 16.3. The Morgan fingerprint density at radius 1 is 1.06 bits per heavy atom. The van der Waals surface area contributed by atoms with Gasteiger partial charge in [0.2, 0.25) is 11.8 Å². The molecule has 0 radical (unpaired) electrons. The van der Waals surface area contributed by atoms with Crippen molar-refractivity contribution in [1.29, 1.82) is 0 Å². The lowest BCUT2D eigenvalue weighted by atomic mass is 9.76. The summed E-state index contributed by atoms with van der Waals surface area (Å²) in [6.45, 7) is 7.22. The maximum absolute atomic E-state index is 13.9. The van der Waals surface area contributed by atoms with E-state index in [9.17, 15) is 19.2 Å². The van der Waals surface area contributed by atoms with Crippen LogP contribution >= 0.6 is 0 Å². The van der Waals surface area contributed by atoms with Crippen LogP contribution in [0.5, 0.6) is 0 Å². The van der Waals surface area contributed by atoms with E-state index >= 15 is 0 Å². The molecule has 2 aromatic carbocycles. The molecule has 2 aliphatic rings. The molecule has 2 fully saturated rings. The predicted octanol–water partition coefficient (Wildman–Crippen LogP) is 3.75. The van der Waals surface area contributed by atoms with Gasteiger partial charge in [-0.05, 0) is 50.5 Å². The Balaban J connectivity index is 1.88. The van der Waals surface area contributed by atoms with Gasteiger partial charge in [-0.3, -0.25) is 24.5 Å². The quantitative estimate of drug-likeness (QED) is 0.383. The van der Waals surface area contributed by atoms with Gasteiger partial charge in [-0.2, -0.15) is 0 Å². The number of rotatable bonds is 7. The molecule has 0 unspecified atom stereocenters. The molecule has 2 saturated heterocycles. The number of imide groups is 1. The minimum atomic E-state index is -1.32. The van der Waals surface area contributed by atoms with Crippen LogP contribution in [0.25, 0.3) is 0 Å². The van der Waals surface area contributed by atoms with Crippen LogP contribution in [-0.2, 0) is 19.1 Å². The molecule has 2 heterocycles. The molecule has 2 aliphatic heterocycles. The number of carbonyl (C=O) groups excluding carboxylic acids is 4. The summed E-state index contributed by atoms with van der Waals surface area (Å²) in [4.78, 5) is 54.3. The average molecular weight is 463 g/mol. The first kappa shape index (κ1) is 23.8. The van der Waals surface area contributed by atoms with Crippen molar-refractivity contribution < 1.29 is 23.9 Å². The van der Waals surface area contributed by atoms with Crippen molar-refractivity contribution in [2.45, 2.75) is 52.1 Å². The summed E-state index contributed by atoms with van der Waals surface area (Å²) in [7, 11) is 0. The Labute approximate surface area is 199 Å². The van der Waals surface area contributed by atoms with Gasteiger partial charge in [-0.25, -0.2) is 4.90 Å². The van der Waals surface area contributed by atoms with Crippen molar-refractivity contribution in [3.8, 4) is 0 Å². The average Bonchev–Trinajstić information content (AvgIpc) is 3.29. The van der Waals surface area contributed by atoms with E-state index in [4.69, 9.17) is 4.74 Å². The number of carbonyl (C=O) groups is 4. The van der Waals surface area contributed by atoms with Crippen molar-refractivity contribution >= 4 is 29.3 Å². The molecule has 0 aliphatic carbocycles. The van der Waals surface area contributed by atoms with E-state index in [1.54, 1.807) is 31.2 Å². The summed E-state index contributed by atoms with van der Waals surface area (Å²) >= 11 is 0. The third-order valence-corrected chi connectivity index (χ3v) is 6.97. The second kappa shape index (κ2) is 9.14. The molecule has 7 nitrogen and oxygen atoms in total. The Kier molecular flexibility index (Phi) is 6.41. The van der Waals surface area contributed by atoms with E-state index in [2.05, 4.69) is 5.32 Å². The molecule has 0 spiro atoms. The highest BCUT2D eigenvalue weighted by Gasteiger charge is 2.68. The van der Waals surface area contributed by atoms with E-state index in [-0.39, 0.29) is 18.3 Å². The van der Waals surface area contributed by atoms with Crippen molar-refractivity contribution in [3.05, 3.63) is 65.2 Å². The molecular weight excluding hydrogens is 432 g/mol. The van der Waals surface area contributed by atoms with Crippen molar-refractivity contribution in [1.82, 2.24) is 5.32 Å². The van der Waals surface area contributed by atoms with Crippen LogP contribution in [-0.4, -0.2) is 35.7 Å². The third-order valence-electron chi connectivity index (χ3n) is 6.97. The number of ketones is 1. The lowest BCUT2D eigenvalue weighted by Crippen LogP contribution is -2.56. The summed E-state index contributed by atoms with van der Waals surface area (Å²) in [5.41, 5.74) is 1.28. The van der Waals surface area contributed by atoms with Gasteiger partial charge in [0.1, 0.15) is 5.54 Å². The number of anilines is 1. The summed E-state index contributed by atoms with van der Waals surface area (Å²) in [6.07, 6.45) is 0.979. The molecule has 7 heteroatoms. The molecule has 0 aromatic heterocycles. The van der Waals surface area contributed by atoms with Crippen molar-refractivity contribution in [3.63, 3.8) is 0 Å². The van der Waals surface area contributed by atoms with Gasteiger partial charge >= 0.3 is 5.97 Å². The van der Waals surface area contributed by atoms with Gasteiger partial charge in [0.25, 0.3) is 0 Å². The fraction of sp³-hybridized carbons (Fsp3) is 0.407. The highest BCUT2D eigenvalue weighted by molar-refractivity contribution is 6.24. The van der Waals surface area contributed by atoms with Crippen LogP contribution in [0.3, 0.4) is 0 Å². The Bertz CT molecular complexity index is 1160. The van der Waals surface area contributed by atoms with E-state index in [1.165, 1.54) is 6.92 Å². The third kappa shape index (κ3) is 3.64. The maximum Gasteiger partial charge on any atom is 0.327 e. The fourth-order valence-corrected chi connectivity index (χ4v) is 5.50. The second-order valence-electron chi connectivity index (χ2n) is 9.04. The number of nitrogens with one attached hydrogen (secondary N) is 1. The molecular formula is C27H30N2O5. The minimum absolute atomic E-state index is 0.160. The topological polar surface area (TPSA) is 92.8 Å². The lowest BCUT2D eigenvalue weighted by molar-refractivity contribution is -0.155. The first-order valence-electron chi connectivity index (χ1n) is 11.8. The standard InChI is InChI=1S/C27H30N2O5/c1-5-14-27(26(33)34-6-2)22-21(23(28-27)20-13-8-7-10-16(20)3)24(31)29(25(22)32)19-12-9-11-18(15-19)17(4)30/h7-13,15,21-23,28H,5-6,14H2,1-4H3/t21-,22+,23+,27-/m0/s1. The largest absolute Gasteiger partial charge is 0.465 e. The number of hydrogen-bond acceptors (Lipinski definition) is 6. The Hall–Kier alpha value is -3.32. The zero-order valence-corrected chi connectivity index (χ0v) is 20.0. The molecule has 2 aromatic rings. The lowest BCUT2D eigenvalue weighted by Gasteiger charge is -2.33. The number of aryl methyl sites for hydroxylation is 1. The minimum Gasteiger partial charge on any atom is -0.465 e. The SMILES string of the molecule is CCC[C@]1(C(=O)OCC)N[C@H](c2ccccc2C)[C@H]2C(=O)N(c3cccc(C(C)=O)c3)C(=O)[C@@H]21. The fourth-order valence-electron chi connectivity index (χ4n) is 5.50. The van der Waals surface area contributed by atoms with Crippen molar-refractivity contribution in [2.75, 3.05) is 11.5 Å². The second-order valence-corrected chi connectivity index (χ2v) is 9.04. The van der Waals surface area contributed by atoms with Gasteiger partial charge < -0.3 is 4.74 Å². The van der Waals surface area contributed by atoms with Crippen LogP contribution < -0.4 is 10.2 Å². The first-order valence-corrected chi connectivity index (χ1v) is 11.8. The maximum atomic E-state index is 13.9. The van der Waals surface area contributed by atoms with E-state index < -0.39 is 35.3 Å². The molecule has 34 heavy (non-hydrogen) atoms. The Morgan fingerprint density at radius 3 is 2.44 bits per heavy atom. The molecule has 2 amide bonds. The van der Waals surface area contributed by atoms with Crippen LogP contribution in [0.1, 0.15) is 61.1 Å². The monoisotopic (exact) mass is 462 g/mol. The highest BCUT2D eigenvalue weighted by Crippen LogP contribution is 2.52. The molecule has 4 rings (SSSR count). The predicted molar refractivity (Wildman–Crippen MR) is 127 cm³/mol. The van der Waals surface area contributed by atoms with E-state index in [0.717, 1.165) is 16.0 Å². The number of nitrogens with zero attached hydrogens (tertiary/aromatic N) is 1. The Morgan fingerprint density at radius 2 is 1.79 bits per heavy atom. The normalized spacial score (nSPS) is 26.0. The highest BCUT2D eigenvalue weighted by atomic mass is 16.5. The summed E-state index contributed by atoms with van der Waals surface area (Å²) < 4.78 is 5.45. The number of fused-ring (bicyclic) bond motifs is 1. The van der Waals surface area contributed by atoms with E-state index in [1.807, 2.05) is 38.1 Å². The zero-order chi connectivity index (χ0) is 24.6. The smallest absolute Gasteiger partial charge is 0.327 e. The van der Waals surface area contributed by atoms with Crippen LogP contribution in [0, 0.1) is 18.8 Å². The van der Waals surface area contributed by atoms with Crippen LogP contribution in [0.15, 0.2) is 48.5 Å². The number of amides is 2. The molecule has 4 atom stereocenters. The van der Waals surface area contributed by atoms with Crippen molar-refractivity contribution in [2.24, 2.45) is 11.8 Å². The molecule has 178 valence electrons. The molecule has 0 saturated carbocycles. The number of ether oxygens (including phenoxy) is 1.